The molecule has 98 valence electrons. The van der Waals surface area contributed by atoms with E-state index in [1.807, 2.05) is 30.3 Å². The summed E-state index contributed by atoms with van der Waals surface area (Å²) in [6, 6.07) is 9.62. The van der Waals surface area contributed by atoms with Gasteiger partial charge in [-0.05, 0) is 35.8 Å². The molecule has 0 unspecified atom stereocenters. The highest BCUT2D eigenvalue weighted by Crippen LogP contribution is 2.27. The second kappa shape index (κ2) is 6.75. The van der Waals surface area contributed by atoms with Gasteiger partial charge in [0.2, 0.25) is 0 Å². The summed E-state index contributed by atoms with van der Waals surface area (Å²) in [6.45, 7) is 1.06. The largest absolute Gasteiger partial charge is 0.492 e. The van der Waals surface area contributed by atoms with Gasteiger partial charge < -0.3 is 10.1 Å². The SMILES string of the molecule is N#Cc1c(Cl)nsc1NCCOc1ccc(Br)cc1. The van der Waals surface area contributed by atoms with E-state index >= 15 is 0 Å². The third-order valence-electron chi connectivity index (χ3n) is 2.23. The lowest BCUT2D eigenvalue weighted by Crippen LogP contribution is -2.11. The predicted octanol–water partition coefficient (Wildman–Crippen LogP) is 3.92. The molecule has 2 aromatic rings. The highest BCUT2D eigenvalue weighted by Gasteiger charge is 2.10. The minimum Gasteiger partial charge on any atom is -0.492 e. The molecule has 0 saturated heterocycles. The fourth-order valence-electron chi connectivity index (χ4n) is 1.35. The van der Waals surface area contributed by atoms with Crippen LogP contribution in [0.2, 0.25) is 5.15 Å². The number of aromatic nitrogens is 1. The zero-order chi connectivity index (χ0) is 13.7. The molecule has 1 heterocycles. The average molecular weight is 359 g/mol. The highest BCUT2D eigenvalue weighted by atomic mass is 79.9. The van der Waals surface area contributed by atoms with Gasteiger partial charge in [0.1, 0.15) is 29.0 Å². The van der Waals surface area contributed by atoms with Crippen molar-refractivity contribution in [2.45, 2.75) is 0 Å². The van der Waals surface area contributed by atoms with Gasteiger partial charge >= 0.3 is 0 Å². The lowest BCUT2D eigenvalue weighted by atomic mass is 10.3. The van der Waals surface area contributed by atoms with Gasteiger partial charge in [-0.25, -0.2) is 0 Å². The maximum Gasteiger partial charge on any atom is 0.162 e. The molecule has 1 aromatic carbocycles. The number of nitriles is 1. The van der Waals surface area contributed by atoms with E-state index in [0.29, 0.717) is 23.7 Å². The monoisotopic (exact) mass is 357 g/mol. The number of halogens is 2. The molecule has 0 aliphatic heterocycles. The molecule has 0 bridgehead atoms. The molecule has 0 radical (unpaired) electrons. The van der Waals surface area contributed by atoms with E-state index in [1.54, 1.807) is 0 Å². The van der Waals surface area contributed by atoms with E-state index in [4.69, 9.17) is 21.6 Å². The fourth-order valence-corrected chi connectivity index (χ4v) is 2.58. The standard InChI is InChI=1S/C12H9BrClN3OS/c13-8-1-3-9(4-2-8)18-6-5-16-12-10(7-15)11(14)17-19-12/h1-4,16H,5-6H2. The Balaban J connectivity index is 1.81. The third-order valence-corrected chi connectivity index (χ3v) is 3.94. The van der Waals surface area contributed by atoms with Crippen LogP contribution in [0.1, 0.15) is 5.56 Å². The number of hydrogen-bond acceptors (Lipinski definition) is 5. The van der Waals surface area contributed by atoms with Crippen LogP contribution in [-0.4, -0.2) is 17.5 Å². The van der Waals surface area contributed by atoms with Crippen molar-refractivity contribution >= 4 is 44.1 Å². The molecule has 0 saturated carbocycles. The Bertz CT molecular complexity index is 594. The quantitative estimate of drug-likeness (QED) is 0.823. The maximum absolute atomic E-state index is 8.91. The second-order valence-corrected chi connectivity index (χ2v) is 5.57. The van der Waals surface area contributed by atoms with Crippen molar-refractivity contribution in [2.75, 3.05) is 18.5 Å². The Kier molecular flexibility index (Phi) is 5.02. The summed E-state index contributed by atoms with van der Waals surface area (Å²) in [5.41, 5.74) is 0.385. The molecule has 0 atom stereocenters. The summed E-state index contributed by atoms with van der Waals surface area (Å²) >= 11 is 10.3. The van der Waals surface area contributed by atoms with Crippen molar-refractivity contribution in [2.24, 2.45) is 0 Å². The van der Waals surface area contributed by atoms with Crippen molar-refractivity contribution in [1.82, 2.24) is 4.37 Å². The highest BCUT2D eigenvalue weighted by molar-refractivity contribution is 9.10. The zero-order valence-electron chi connectivity index (χ0n) is 9.69. The van der Waals surface area contributed by atoms with E-state index in [9.17, 15) is 0 Å². The number of anilines is 1. The van der Waals surface area contributed by atoms with Crippen LogP contribution < -0.4 is 10.1 Å². The first-order valence-electron chi connectivity index (χ1n) is 5.38. The normalized spacial score (nSPS) is 9.95. The van der Waals surface area contributed by atoms with E-state index in [2.05, 4.69) is 25.6 Å². The topological polar surface area (TPSA) is 57.9 Å². The molecule has 0 fully saturated rings. The zero-order valence-corrected chi connectivity index (χ0v) is 12.8. The van der Waals surface area contributed by atoms with Crippen molar-refractivity contribution in [3.8, 4) is 11.8 Å². The number of benzene rings is 1. The van der Waals surface area contributed by atoms with Gasteiger partial charge in [0.15, 0.2) is 5.15 Å². The lowest BCUT2D eigenvalue weighted by Gasteiger charge is -2.07. The van der Waals surface area contributed by atoms with Crippen LogP contribution in [0.4, 0.5) is 5.00 Å². The van der Waals surface area contributed by atoms with Crippen molar-refractivity contribution < 1.29 is 4.74 Å². The molecule has 0 aliphatic carbocycles. The van der Waals surface area contributed by atoms with Crippen LogP contribution in [0.15, 0.2) is 28.7 Å². The Morgan fingerprint density at radius 2 is 2.16 bits per heavy atom. The van der Waals surface area contributed by atoms with Crippen LogP contribution in [0, 0.1) is 11.3 Å². The Hall–Kier alpha value is -1.29. The van der Waals surface area contributed by atoms with E-state index in [-0.39, 0.29) is 5.15 Å². The van der Waals surface area contributed by atoms with Crippen LogP contribution in [0.5, 0.6) is 5.75 Å². The van der Waals surface area contributed by atoms with Crippen LogP contribution in [0.3, 0.4) is 0 Å². The smallest absolute Gasteiger partial charge is 0.162 e. The van der Waals surface area contributed by atoms with E-state index in [1.165, 1.54) is 11.5 Å². The average Bonchev–Trinajstić information content (AvgIpc) is 2.77. The first-order chi connectivity index (χ1) is 9.20. The molecule has 0 spiro atoms. The van der Waals surface area contributed by atoms with E-state index in [0.717, 1.165) is 10.2 Å². The lowest BCUT2D eigenvalue weighted by molar-refractivity contribution is 0.333. The first kappa shape index (κ1) is 14.1. The molecule has 1 N–H and O–H groups in total. The predicted molar refractivity (Wildman–Crippen MR) is 80.0 cm³/mol. The van der Waals surface area contributed by atoms with E-state index < -0.39 is 0 Å². The van der Waals surface area contributed by atoms with Crippen LogP contribution >= 0.6 is 39.1 Å². The van der Waals surface area contributed by atoms with Crippen LogP contribution in [0.25, 0.3) is 0 Å². The molecule has 2 rings (SSSR count). The number of nitrogens with zero attached hydrogens (tertiary/aromatic N) is 2. The molecular formula is C12H9BrClN3OS. The molecule has 1 aromatic heterocycles. The Morgan fingerprint density at radius 3 is 2.84 bits per heavy atom. The first-order valence-corrected chi connectivity index (χ1v) is 7.32. The number of ether oxygens (including phenoxy) is 1. The van der Waals surface area contributed by atoms with Crippen LogP contribution in [-0.2, 0) is 0 Å². The minimum atomic E-state index is 0.240. The van der Waals surface area contributed by atoms with Gasteiger partial charge in [0.05, 0.1) is 0 Å². The van der Waals surface area contributed by atoms with Gasteiger partial charge in [-0.2, -0.15) is 9.64 Å². The summed E-state index contributed by atoms with van der Waals surface area (Å²) in [4.78, 5) is 0. The molecule has 19 heavy (non-hydrogen) atoms. The maximum atomic E-state index is 8.91. The number of rotatable bonds is 5. The van der Waals surface area contributed by atoms with Gasteiger partial charge in [0.25, 0.3) is 0 Å². The summed E-state index contributed by atoms with van der Waals surface area (Å²) in [5, 5.41) is 12.9. The number of nitrogens with one attached hydrogen (secondary N) is 1. The second-order valence-electron chi connectivity index (χ2n) is 3.52. The van der Waals surface area contributed by atoms with Gasteiger partial charge in [-0.15, -0.1) is 0 Å². The van der Waals surface area contributed by atoms with Crippen molar-refractivity contribution in [3.63, 3.8) is 0 Å². The molecule has 4 nitrogen and oxygen atoms in total. The Labute approximate surface area is 128 Å². The summed E-state index contributed by atoms with van der Waals surface area (Å²) in [7, 11) is 0. The molecule has 0 amide bonds. The summed E-state index contributed by atoms with van der Waals surface area (Å²) in [5.74, 6) is 0.799. The molecular weight excluding hydrogens is 350 g/mol. The minimum absolute atomic E-state index is 0.240. The van der Waals surface area contributed by atoms with Crippen molar-refractivity contribution in [3.05, 3.63) is 39.5 Å². The summed E-state index contributed by atoms with van der Waals surface area (Å²) in [6.07, 6.45) is 0. The Morgan fingerprint density at radius 1 is 1.42 bits per heavy atom. The third kappa shape index (κ3) is 3.83. The van der Waals surface area contributed by atoms with Crippen molar-refractivity contribution in [1.29, 1.82) is 5.26 Å². The van der Waals surface area contributed by atoms with Gasteiger partial charge in [0, 0.05) is 11.0 Å². The molecule has 7 heteroatoms. The summed E-state index contributed by atoms with van der Waals surface area (Å²) < 4.78 is 10.5. The molecule has 0 aliphatic rings. The van der Waals surface area contributed by atoms with Gasteiger partial charge in [-0.3, -0.25) is 0 Å². The number of hydrogen-bond donors (Lipinski definition) is 1. The fraction of sp³-hybridized carbons (Fsp3) is 0.167. The van der Waals surface area contributed by atoms with Gasteiger partial charge in [-0.1, -0.05) is 27.5 Å².